The number of nitrogens with two attached hydrogens (primary N) is 1. The Balaban J connectivity index is 2.41. The van der Waals surface area contributed by atoms with E-state index in [0.717, 1.165) is 12.8 Å². The van der Waals surface area contributed by atoms with Gasteiger partial charge in [-0.05, 0) is 6.42 Å². The predicted octanol–water partition coefficient (Wildman–Crippen LogP) is 0.309. The normalized spacial score (nSPS) is 12.4. The third kappa shape index (κ3) is 3.57. The first kappa shape index (κ1) is 10.7. The number of nitrogens with one attached hydrogen (secondary N) is 2. The second-order valence-electron chi connectivity index (χ2n) is 3.23. The van der Waals surface area contributed by atoms with Crippen LogP contribution in [0.2, 0.25) is 0 Å². The van der Waals surface area contributed by atoms with Gasteiger partial charge < -0.3 is 16.0 Å². The summed E-state index contributed by atoms with van der Waals surface area (Å²) in [5, 5.41) is 3.01. The first-order valence-corrected chi connectivity index (χ1v) is 4.76. The molecule has 0 bridgehead atoms. The SMILES string of the molecule is CCCC(N)CNc1cc(=O)[nH]cn1. The summed E-state index contributed by atoms with van der Waals surface area (Å²) in [5.74, 6) is 0.570. The standard InChI is InChI=1S/C9H16N4O/c1-2-3-7(10)5-11-8-4-9(14)13-6-12-8/h4,6-7H,2-3,5,10H2,1H3,(H2,11,12,13,14). The summed E-state index contributed by atoms with van der Waals surface area (Å²) in [4.78, 5) is 17.3. The molecule has 0 saturated heterocycles. The number of hydrogen-bond donors (Lipinski definition) is 3. The molecule has 0 aliphatic carbocycles. The van der Waals surface area contributed by atoms with Gasteiger partial charge in [0.25, 0.3) is 5.56 Å². The summed E-state index contributed by atoms with van der Waals surface area (Å²) >= 11 is 0. The number of aromatic amines is 1. The minimum absolute atomic E-state index is 0.112. The van der Waals surface area contributed by atoms with Crippen molar-refractivity contribution in [3.05, 3.63) is 22.7 Å². The van der Waals surface area contributed by atoms with Crippen molar-refractivity contribution in [3.63, 3.8) is 0 Å². The summed E-state index contributed by atoms with van der Waals surface area (Å²) in [5.41, 5.74) is 5.63. The summed E-state index contributed by atoms with van der Waals surface area (Å²) in [7, 11) is 0. The van der Waals surface area contributed by atoms with Gasteiger partial charge in [-0.25, -0.2) is 4.98 Å². The highest BCUT2D eigenvalue weighted by molar-refractivity contribution is 5.31. The van der Waals surface area contributed by atoms with Crippen molar-refractivity contribution in [1.82, 2.24) is 9.97 Å². The van der Waals surface area contributed by atoms with Crippen molar-refractivity contribution in [2.75, 3.05) is 11.9 Å². The third-order valence-corrected chi connectivity index (χ3v) is 1.88. The van der Waals surface area contributed by atoms with Gasteiger partial charge in [-0.1, -0.05) is 13.3 Å². The molecule has 0 aromatic carbocycles. The summed E-state index contributed by atoms with van der Waals surface area (Å²) in [6.07, 6.45) is 3.40. The maximum absolute atomic E-state index is 10.9. The quantitative estimate of drug-likeness (QED) is 0.632. The van der Waals surface area contributed by atoms with Gasteiger partial charge in [0.15, 0.2) is 0 Å². The Morgan fingerprint density at radius 1 is 1.71 bits per heavy atom. The molecular weight excluding hydrogens is 180 g/mol. The van der Waals surface area contributed by atoms with Crippen LogP contribution in [0.1, 0.15) is 19.8 Å². The molecule has 0 aliphatic heterocycles. The highest BCUT2D eigenvalue weighted by Crippen LogP contribution is 1.97. The van der Waals surface area contributed by atoms with E-state index in [4.69, 9.17) is 5.73 Å². The molecule has 1 aromatic rings. The van der Waals surface area contributed by atoms with E-state index in [0.29, 0.717) is 12.4 Å². The molecule has 1 unspecified atom stereocenters. The Bertz CT molecular complexity index is 323. The number of nitrogens with zero attached hydrogens (tertiary/aromatic N) is 1. The monoisotopic (exact) mass is 196 g/mol. The molecule has 5 heteroatoms. The van der Waals surface area contributed by atoms with Crippen LogP contribution in [-0.4, -0.2) is 22.6 Å². The van der Waals surface area contributed by atoms with Crippen molar-refractivity contribution in [1.29, 1.82) is 0 Å². The van der Waals surface area contributed by atoms with Gasteiger partial charge in [-0.3, -0.25) is 4.79 Å². The van der Waals surface area contributed by atoms with Gasteiger partial charge in [0.2, 0.25) is 0 Å². The van der Waals surface area contributed by atoms with Crippen LogP contribution < -0.4 is 16.6 Å². The zero-order valence-corrected chi connectivity index (χ0v) is 8.29. The molecule has 0 radical (unpaired) electrons. The van der Waals surface area contributed by atoms with E-state index in [1.54, 1.807) is 0 Å². The van der Waals surface area contributed by atoms with Crippen molar-refractivity contribution in [3.8, 4) is 0 Å². The summed E-state index contributed by atoms with van der Waals surface area (Å²) < 4.78 is 0. The van der Waals surface area contributed by atoms with Crippen LogP contribution in [0.4, 0.5) is 5.82 Å². The maximum Gasteiger partial charge on any atom is 0.252 e. The third-order valence-electron chi connectivity index (χ3n) is 1.88. The highest BCUT2D eigenvalue weighted by Gasteiger charge is 2.00. The molecule has 1 atom stereocenters. The van der Waals surface area contributed by atoms with Crippen LogP contribution in [0.25, 0.3) is 0 Å². The molecule has 0 amide bonds. The zero-order valence-electron chi connectivity index (χ0n) is 8.29. The van der Waals surface area contributed by atoms with Crippen molar-refractivity contribution in [2.45, 2.75) is 25.8 Å². The number of anilines is 1. The highest BCUT2D eigenvalue weighted by atomic mass is 16.1. The van der Waals surface area contributed by atoms with E-state index >= 15 is 0 Å². The zero-order chi connectivity index (χ0) is 10.4. The Morgan fingerprint density at radius 3 is 3.14 bits per heavy atom. The number of hydrogen-bond acceptors (Lipinski definition) is 4. The molecule has 0 spiro atoms. The predicted molar refractivity (Wildman–Crippen MR) is 56.2 cm³/mol. The minimum atomic E-state index is -0.161. The first-order chi connectivity index (χ1) is 6.72. The van der Waals surface area contributed by atoms with E-state index in [1.165, 1.54) is 12.4 Å². The molecule has 1 heterocycles. The van der Waals surface area contributed by atoms with Crippen LogP contribution in [0.5, 0.6) is 0 Å². The average molecular weight is 196 g/mol. The van der Waals surface area contributed by atoms with Gasteiger partial charge in [-0.2, -0.15) is 0 Å². The van der Waals surface area contributed by atoms with Crippen LogP contribution in [0.3, 0.4) is 0 Å². The van der Waals surface area contributed by atoms with Crippen LogP contribution >= 0.6 is 0 Å². The van der Waals surface area contributed by atoms with E-state index in [-0.39, 0.29) is 11.6 Å². The molecule has 1 rings (SSSR count). The lowest BCUT2D eigenvalue weighted by Crippen LogP contribution is -2.29. The van der Waals surface area contributed by atoms with E-state index in [9.17, 15) is 4.79 Å². The van der Waals surface area contributed by atoms with Crippen LogP contribution in [-0.2, 0) is 0 Å². The average Bonchev–Trinajstić information content (AvgIpc) is 2.15. The lowest BCUT2D eigenvalue weighted by atomic mass is 10.2. The second kappa shape index (κ2) is 5.39. The molecule has 0 aliphatic rings. The van der Waals surface area contributed by atoms with Crippen molar-refractivity contribution < 1.29 is 0 Å². The van der Waals surface area contributed by atoms with Crippen molar-refractivity contribution >= 4 is 5.82 Å². The molecule has 0 fully saturated rings. The molecule has 5 nitrogen and oxygen atoms in total. The fourth-order valence-electron chi connectivity index (χ4n) is 1.17. The van der Waals surface area contributed by atoms with Crippen LogP contribution in [0.15, 0.2) is 17.2 Å². The lowest BCUT2D eigenvalue weighted by molar-refractivity contribution is 0.626. The molecule has 78 valence electrons. The second-order valence-corrected chi connectivity index (χ2v) is 3.23. The van der Waals surface area contributed by atoms with E-state index < -0.39 is 0 Å². The number of aromatic nitrogens is 2. The number of H-pyrrole nitrogens is 1. The lowest BCUT2D eigenvalue weighted by Gasteiger charge is -2.11. The number of rotatable bonds is 5. The fraction of sp³-hybridized carbons (Fsp3) is 0.556. The van der Waals surface area contributed by atoms with Gasteiger partial charge in [0.1, 0.15) is 5.82 Å². The Hall–Kier alpha value is -1.36. The fourth-order valence-corrected chi connectivity index (χ4v) is 1.17. The Morgan fingerprint density at radius 2 is 2.50 bits per heavy atom. The molecule has 1 aromatic heterocycles. The van der Waals surface area contributed by atoms with Gasteiger partial charge in [0, 0.05) is 18.7 Å². The molecule has 0 saturated carbocycles. The molecular formula is C9H16N4O. The first-order valence-electron chi connectivity index (χ1n) is 4.76. The van der Waals surface area contributed by atoms with Gasteiger partial charge >= 0.3 is 0 Å². The van der Waals surface area contributed by atoms with Crippen molar-refractivity contribution in [2.24, 2.45) is 5.73 Å². The van der Waals surface area contributed by atoms with Gasteiger partial charge in [-0.15, -0.1) is 0 Å². The molecule has 14 heavy (non-hydrogen) atoms. The molecule has 4 N–H and O–H groups in total. The Labute approximate surface area is 82.7 Å². The van der Waals surface area contributed by atoms with E-state index in [1.807, 2.05) is 0 Å². The summed E-state index contributed by atoms with van der Waals surface area (Å²) in [6, 6.07) is 1.53. The maximum atomic E-state index is 10.9. The smallest absolute Gasteiger partial charge is 0.252 e. The minimum Gasteiger partial charge on any atom is -0.368 e. The van der Waals surface area contributed by atoms with E-state index in [2.05, 4.69) is 22.2 Å². The topological polar surface area (TPSA) is 83.8 Å². The Kier molecular flexibility index (Phi) is 4.12. The summed E-state index contributed by atoms with van der Waals surface area (Å²) in [6.45, 7) is 2.73. The largest absolute Gasteiger partial charge is 0.368 e. The van der Waals surface area contributed by atoms with Crippen LogP contribution in [0, 0.1) is 0 Å². The van der Waals surface area contributed by atoms with Gasteiger partial charge in [0.05, 0.1) is 6.33 Å².